The Morgan fingerprint density at radius 2 is 1.78 bits per heavy atom. The predicted molar refractivity (Wildman–Crippen MR) is 100 cm³/mol. The molecule has 0 aliphatic rings. The number of aryl methyl sites for hydroxylation is 1. The fraction of sp³-hybridized carbons (Fsp3) is 0.263. The van der Waals surface area contributed by atoms with Crippen LogP contribution in [-0.2, 0) is 0 Å². The first-order valence-electron chi connectivity index (χ1n) is 7.79. The molecule has 0 saturated heterocycles. The van der Waals surface area contributed by atoms with Crippen molar-refractivity contribution in [3.05, 3.63) is 65.2 Å². The molecule has 2 N–H and O–H groups in total. The monoisotopic (exact) mass is 326 g/mol. The van der Waals surface area contributed by atoms with Gasteiger partial charge in [-0.25, -0.2) is 0 Å². The fourth-order valence-electron chi connectivity index (χ4n) is 2.29. The topological polar surface area (TPSA) is 41.1 Å². The first-order chi connectivity index (χ1) is 11.0. The molecule has 0 fully saturated rings. The molecule has 2 aromatic carbocycles. The minimum absolute atomic E-state index is 0.205. The van der Waals surface area contributed by atoms with Crippen molar-refractivity contribution in [1.82, 2.24) is 5.32 Å². The van der Waals surface area contributed by atoms with Gasteiger partial charge < -0.3 is 5.32 Å². The molecule has 0 saturated carbocycles. The summed E-state index contributed by atoms with van der Waals surface area (Å²) in [5, 5.41) is 6.18. The number of carbonyl (C=O) groups excluding carboxylic acids is 1. The van der Waals surface area contributed by atoms with E-state index in [1.165, 1.54) is 5.56 Å². The van der Waals surface area contributed by atoms with Crippen molar-refractivity contribution in [3.8, 4) is 0 Å². The van der Waals surface area contributed by atoms with Crippen LogP contribution in [0.1, 0.15) is 47.7 Å². The highest BCUT2D eigenvalue weighted by Gasteiger charge is 2.11. The standard InChI is InChI=1S/C19H22N2OS/c1-4-14(3)16-7-5-6-8-17(16)20-19(23)21-18(22)15-11-9-13(2)10-12-15/h5-12,14H,4H2,1-3H3,(H2,20,21,22,23)/t14-/m1/s1. The Hall–Kier alpha value is -2.20. The molecule has 0 aliphatic heterocycles. The maximum absolute atomic E-state index is 12.2. The van der Waals surface area contributed by atoms with E-state index in [2.05, 4.69) is 30.5 Å². The van der Waals surface area contributed by atoms with Gasteiger partial charge in [-0.3, -0.25) is 10.1 Å². The summed E-state index contributed by atoms with van der Waals surface area (Å²) >= 11 is 5.28. The molecule has 3 nitrogen and oxygen atoms in total. The van der Waals surface area contributed by atoms with Crippen LogP contribution in [0.5, 0.6) is 0 Å². The lowest BCUT2D eigenvalue weighted by atomic mass is 9.97. The molecule has 0 aromatic heterocycles. The number of amides is 1. The van der Waals surface area contributed by atoms with E-state index in [0.717, 1.165) is 17.7 Å². The van der Waals surface area contributed by atoms with E-state index < -0.39 is 0 Å². The summed E-state index contributed by atoms with van der Waals surface area (Å²) in [5.41, 5.74) is 3.85. The lowest BCUT2D eigenvalue weighted by Crippen LogP contribution is -2.34. The minimum atomic E-state index is -0.205. The van der Waals surface area contributed by atoms with Gasteiger partial charge >= 0.3 is 0 Å². The first kappa shape index (κ1) is 17.2. The summed E-state index contributed by atoms with van der Waals surface area (Å²) in [6.07, 6.45) is 1.04. The highest BCUT2D eigenvalue weighted by molar-refractivity contribution is 7.80. The smallest absolute Gasteiger partial charge is 0.257 e. The largest absolute Gasteiger partial charge is 0.332 e. The summed E-state index contributed by atoms with van der Waals surface area (Å²) in [5.74, 6) is 0.220. The first-order valence-corrected chi connectivity index (χ1v) is 8.20. The van der Waals surface area contributed by atoms with Crippen LogP contribution in [0.4, 0.5) is 5.69 Å². The molecule has 0 aliphatic carbocycles. The zero-order valence-electron chi connectivity index (χ0n) is 13.7. The van der Waals surface area contributed by atoms with Gasteiger partial charge in [0.25, 0.3) is 5.91 Å². The summed E-state index contributed by atoms with van der Waals surface area (Å²) in [7, 11) is 0. The van der Waals surface area contributed by atoms with Crippen LogP contribution in [0.25, 0.3) is 0 Å². The zero-order chi connectivity index (χ0) is 16.8. The van der Waals surface area contributed by atoms with Crippen LogP contribution in [0.15, 0.2) is 48.5 Å². The molecule has 1 amide bonds. The Morgan fingerprint density at radius 3 is 2.43 bits per heavy atom. The summed E-state index contributed by atoms with van der Waals surface area (Å²) < 4.78 is 0. The van der Waals surface area contributed by atoms with E-state index in [9.17, 15) is 4.79 Å². The summed E-state index contributed by atoms with van der Waals surface area (Å²) in [6.45, 7) is 6.31. The number of para-hydroxylation sites is 1. The molecule has 0 bridgehead atoms. The van der Waals surface area contributed by atoms with E-state index in [1.54, 1.807) is 12.1 Å². The third-order valence-corrected chi connectivity index (χ3v) is 4.10. The molecular formula is C19H22N2OS. The summed E-state index contributed by atoms with van der Waals surface area (Å²) in [6, 6.07) is 15.4. The van der Waals surface area contributed by atoms with Crippen LogP contribution in [0.2, 0.25) is 0 Å². The maximum atomic E-state index is 12.2. The van der Waals surface area contributed by atoms with E-state index in [0.29, 0.717) is 16.6 Å². The summed E-state index contributed by atoms with van der Waals surface area (Å²) in [4.78, 5) is 12.2. The molecule has 23 heavy (non-hydrogen) atoms. The van der Waals surface area contributed by atoms with Crippen molar-refractivity contribution in [1.29, 1.82) is 0 Å². The second-order valence-corrected chi connectivity index (χ2v) is 6.08. The SMILES string of the molecule is CC[C@@H](C)c1ccccc1NC(=S)NC(=O)c1ccc(C)cc1. The fourth-order valence-corrected chi connectivity index (χ4v) is 2.50. The van der Waals surface area contributed by atoms with Gasteiger partial charge in [0.2, 0.25) is 0 Å². The number of carbonyl (C=O) groups is 1. The Labute approximate surface area is 143 Å². The van der Waals surface area contributed by atoms with Crippen LogP contribution in [-0.4, -0.2) is 11.0 Å². The van der Waals surface area contributed by atoms with Gasteiger partial charge in [-0.15, -0.1) is 0 Å². The lowest BCUT2D eigenvalue weighted by Gasteiger charge is -2.17. The number of anilines is 1. The average Bonchev–Trinajstić information content (AvgIpc) is 2.55. The molecular weight excluding hydrogens is 304 g/mol. The third-order valence-electron chi connectivity index (χ3n) is 3.89. The van der Waals surface area contributed by atoms with Gasteiger partial charge in [-0.2, -0.15) is 0 Å². The minimum Gasteiger partial charge on any atom is -0.332 e. The molecule has 4 heteroatoms. The van der Waals surface area contributed by atoms with Crippen molar-refractivity contribution in [2.45, 2.75) is 33.1 Å². The normalized spacial score (nSPS) is 11.6. The molecule has 0 spiro atoms. The van der Waals surface area contributed by atoms with Crippen LogP contribution < -0.4 is 10.6 Å². The maximum Gasteiger partial charge on any atom is 0.257 e. The number of benzene rings is 2. The molecule has 2 rings (SSSR count). The molecule has 0 heterocycles. The van der Waals surface area contributed by atoms with E-state index in [4.69, 9.17) is 12.2 Å². The third kappa shape index (κ3) is 4.63. The lowest BCUT2D eigenvalue weighted by molar-refractivity contribution is 0.0977. The van der Waals surface area contributed by atoms with Crippen molar-refractivity contribution in [3.63, 3.8) is 0 Å². The van der Waals surface area contributed by atoms with Crippen molar-refractivity contribution in [2.75, 3.05) is 5.32 Å². The Morgan fingerprint density at radius 1 is 1.13 bits per heavy atom. The van der Waals surface area contributed by atoms with Gasteiger partial charge in [-0.1, -0.05) is 49.7 Å². The van der Waals surface area contributed by atoms with E-state index >= 15 is 0 Å². The van der Waals surface area contributed by atoms with Gasteiger partial charge in [0.15, 0.2) is 5.11 Å². The molecule has 2 aromatic rings. The zero-order valence-corrected chi connectivity index (χ0v) is 14.5. The Bertz CT molecular complexity index is 695. The van der Waals surface area contributed by atoms with Gasteiger partial charge in [-0.05, 0) is 55.2 Å². The quantitative estimate of drug-likeness (QED) is 0.805. The van der Waals surface area contributed by atoms with Gasteiger partial charge in [0.1, 0.15) is 0 Å². The average molecular weight is 326 g/mol. The van der Waals surface area contributed by atoms with Crippen molar-refractivity contribution in [2.24, 2.45) is 0 Å². The molecule has 0 unspecified atom stereocenters. The molecule has 120 valence electrons. The number of nitrogens with one attached hydrogen (secondary N) is 2. The Balaban J connectivity index is 2.05. The van der Waals surface area contributed by atoms with Crippen LogP contribution in [0, 0.1) is 6.92 Å². The second kappa shape index (κ2) is 7.88. The second-order valence-electron chi connectivity index (χ2n) is 5.67. The molecule has 0 radical (unpaired) electrons. The molecule has 1 atom stereocenters. The van der Waals surface area contributed by atoms with Gasteiger partial charge in [0, 0.05) is 11.3 Å². The Kier molecular flexibility index (Phi) is 5.88. The number of thiocarbonyl (C=S) groups is 1. The van der Waals surface area contributed by atoms with Crippen LogP contribution in [0.3, 0.4) is 0 Å². The van der Waals surface area contributed by atoms with E-state index in [1.807, 2.05) is 37.3 Å². The van der Waals surface area contributed by atoms with Crippen molar-refractivity contribution >= 4 is 28.9 Å². The number of hydrogen-bond acceptors (Lipinski definition) is 2. The highest BCUT2D eigenvalue weighted by atomic mass is 32.1. The van der Waals surface area contributed by atoms with E-state index in [-0.39, 0.29) is 5.91 Å². The number of rotatable bonds is 4. The van der Waals surface area contributed by atoms with Crippen molar-refractivity contribution < 1.29 is 4.79 Å². The highest BCUT2D eigenvalue weighted by Crippen LogP contribution is 2.26. The number of hydrogen-bond donors (Lipinski definition) is 2. The van der Waals surface area contributed by atoms with Crippen LogP contribution >= 0.6 is 12.2 Å². The predicted octanol–water partition coefficient (Wildman–Crippen LogP) is 4.64. The van der Waals surface area contributed by atoms with Gasteiger partial charge in [0.05, 0.1) is 0 Å².